The summed E-state index contributed by atoms with van der Waals surface area (Å²) >= 11 is 1.62. The van der Waals surface area contributed by atoms with Crippen LogP contribution < -0.4 is 10.6 Å². The Bertz CT molecular complexity index is 579. The Labute approximate surface area is 159 Å². The van der Waals surface area contributed by atoms with Crippen molar-refractivity contribution in [2.24, 2.45) is 10.9 Å². The molecule has 23 heavy (non-hydrogen) atoms. The Balaban J connectivity index is 0.00000264. The van der Waals surface area contributed by atoms with Crippen LogP contribution in [0.25, 0.3) is 10.8 Å². The van der Waals surface area contributed by atoms with E-state index in [0.29, 0.717) is 18.4 Å². The summed E-state index contributed by atoms with van der Waals surface area (Å²) in [5.74, 6) is 2.15. The summed E-state index contributed by atoms with van der Waals surface area (Å²) in [6.45, 7) is 5.96. The van der Waals surface area contributed by atoms with Crippen molar-refractivity contribution in [3.8, 4) is 10.8 Å². The molecule has 2 N–H and O–H groups in total. The molecule has 0 atom stereocenters. The average molecular weight is 448 g/mol. The molecule has 0 aliphatic heterocycles. The lowest BCUT2D eigenvalue weighted by molar-refractivity contribution is 0.481. The molecule has 0 unspecified atom stereocenters. The smallest absolute Gasteiger partial charge is 0.236 e. The second-order valence-electron chi connectivity index (χ2n) is 5.11. The number of thiophene rings is 1. The van der Waals surface area contributed by atoms with Gasteiger partial charge in [-0.25, -0.2) is 4.98 Å². The largest absolute Gasteiger partial charge is 0.443 e. The van der Waals surface area contributed by atoms with E-state index in [1.165, 1.54) is 12.8 Å². The van der Waals surface area contributed by atoms with Crippen molar-refractivity contribution < 1.29 is 4.42 Å². The van der Waals surface area contributed by atoms with Crippen molar-refractivity contribution >= 4 is 41.3 Å². The summed E-state index contributed by atoms with van der Waals surface area (Å²) in [7, 11) is 1.78. The van der Waals surface area contributed by atoms with Crippen molar-refractivity contribution in [3.63, 3.8) is 0 Å². The number of hydrogen-bond acceptors (Lipinski definition) is 4. The van der Waals surface area contributed by atoms with E-state index >= 15 is 0 Å². The first-order chi connectivity index (χ1) is 10.8. The van der Waals surface area contributed by atoms with Gasteiger partial charge >= 0.3 is 0 Å². The Morgan fingerprint density at radius 1 is 1.35 bits per heavy atom. The Morgan fingerprint density at radius 3 is 2.74 bits per heavy atom. The highest BCUT2D eigenvalue weighted by Gasteiger charge is 2.09. The maximum Gasteiger partial charge on any atom is 0.236 e. The first-order valence-electron chi connectivity index (χ1n) is 7.69. The van der Waals surface area contributed by atoms with Gasteiger partial charge in [0.15, 0.2) is 5.96 Å². The summed E-state index contributed by atoms with van der Waals surface area (Å²) in [6, 6.07) is 4.00. The van der Waals surface area contributed by atoms with Crippen LogP contribution in [0.1, 0.15) is 32.4 Å². The number of nitrogens with zero attached hydrogens (tertiary/aromatic N) is 2. The molecule has 5 nitrogen and oxygen atoms in total. The molecule has 0 bridgehead atoms. The van der Waals surface area contributed by atoms with Gasteiger partial charge in [0.2, 0.25) is 5.89 Å². The third kappa shape index (κ3) is 6.14. The lowest BCUT2D eigenvalue weighted by Crippen LogP contribution is -2.39. The highest BCUT2D eigenvalue weighted by atomic mass is 127. The molecule has 2 aromatic rings. The molecule has 7 heteroatoms. The molecule has 2 aromatic heterocycles. The van der Waals surface area contributed by atoms with Gasteiger partial charge < -0.3 is 15.1 Å². The molecule has 2 heterocycles. The fraction of sp³-hybridized carbons (Fsp3) is 0.500. The zero-order valence-electron chi connectivity index (χ0n) is 13.8. The van der Waals surface area contributed by atoms with Crippen LogP contribution >= 0.6 is 35.3 Å². The number of halogens is 1. The van der Waals surface area contributed by atoms with Gasteiger partial charge in [0.1, 0.15) is 6.26 Å². The number of rotatable bonds is 7. The molecule has 0 aliphatic rings. The normalized spacial score (nSPS) is 11.4. The fourth-order valence-corrected chi connectivity index (χ4v) is 2.77. The molecule has 0 aromatic carbocycles. The predicted octanol–water partition coefficient (Wildman–Crippen LogP) is 4.12. The van der Waals surface area contributed by atoms with Gasteiger partial charge in [-0.05, 0) is 17.4 Å². The van der Waals surface area contributed by atoms with Crippen molar-refractivity contribution in [3.05, 3.63) is 29.5 Å². The second-order valence-corrected chi connectivity index (χ2v) is 6.06. The third-order valence-electron chi connectivity index (χ3n) is 3.66. The molecule has 0 aliphatic carbocycles. The lowest BCUT2D eigenvalue weighted by Gasteiger charge is -2.16. The Hall–Kier alpha value is -1.09. The van der Waals surface area contributed by atoms with Crippen molar-refractivity contribution in [1.82, 2.24) is 15.6 Å². The minimum Gasteiger partial charge on any atom is -0.443 e. The summed E-state index contributed by atoms with van der Waals surface area (Å²) in [5.41, 5.74) is 0.869. The highest BCUT2D eigenvalue weighted by molar-refractivity contribution is 14.0. The van der Waals surface area contributed by atoms with Crippen LogP contribution in [0.15, 0.2) is 33.2 Å². The number of aliphatic imine (C=N–C) groups is 1. The van der Waals surface area contributed by atoms with E-state index in [0.717, 1.165) is 23.1 Å². The van der Waals surface area contributed by atoms with Gasteiger partial charge in [0.25, 0.3) is 0 Å². The number of oxazole rings is 1. The quantitative estimate of drug-likeness (QED) is 0.380. The summed E-state index contributed by atoms with van der Waals surface area (Å²) < 4.78 is 5.51. The monoisotopic (exact) mass is 448 g/mol. The Kier molecular flexibility index (Phi) is 9.23. The van der Waals surface area contributed by atoms with Gasteiger partial charge in [-0.15, -0.1) is 35.3 Å². The van der Waals surface area contributed by atoms with Crippen molar-refractivity contribution in [2.75, 3.05) is 13.6 Å². The second kappa shape index (κ2) is 10.6. The molecule has 0 amide bonds. The van der Waals surface area contributed by atoms with E-state index in [9.17, 15) is 0 Å². The molecule has 128 valence electrons. The zero-order valence-corrected chi connectivity index (χ0v) is 17.0. The number of hydrogen-bond donors (Lipinski definition) is 2. The van der Waals surface area contributed by atoms with Gasteiger partial charge in [0.05, 0.1) is 17.1 Å². The van der Waals surface area contributed by atoms with Crippen LogP contribution in [0.3, 0.4) is 0 Å². The molecule has 0 spiro atoms. The number of guanidine groups is 1. The highest BCUT2D eigenvalue weighted by Crippen LogP contribution is 2.23. The number of nitrogens with one attached hydrogen (secondary N) is 2. The minimum atomic E-state index is 0. The van der Waals surface area contributed by atoms with E-state index in [1.807, 2.05) is 17.5 Å². The fourth-order valence-electron chi connectivity index (χ4n) is 2.11. The van der Waals surface area contributed by atoms with Crippen LogP contribution in [0, 0.1) is 5.92 Å². The third-order valence-corrected chi connectivity index (χ3v) is 4.52. The molecule has 0 saturated carbocycles. The first kappa shape index (κ1) is 20.0. The first-order valence-corrected chi connectivity index (χ1v) is 8.57. The number of aromatic nitrogens is 1. The van der Waals surface area contributed by atoms with E-state index in [4.69, 9.17) is 4.42 Å². The van der Waals surface area contributed by atoms with Crippen LogP contribution in [0.2, 0.25) is 0 Å². The molecule has 2 rings (SSSR count). The van der Waals surface area contributed by atoms with E-state index in [-0.39, 0.29) is 24.0 Å². The SMILES string of the molecule is CCC(CC)CNC(=NC)NCc1coc(-c2cccs2)n1.I. The van der Waals surface area contributed by atoms with E-state index < -0.39 is 0 Å². The molecular weight excluding hydrogens is 423 g/mol. The zero-order chi connectivity index (χ0) is 15.8. The Morgan fingerprint density at radius 2 is 2.13 bits per heavy atom. The van der Waals surface area contributed by atoms with Crippen LogP contribution in [-0.4, -0.2) is 24.5 Å². The molecule has 0 fully saturated rings. The van der Waals surface area contributed by atoms with Crippen LogP contribution in [0.5, 0.6) is 0 Å². The standard InChI is InChI=1S/C16H24N4OS.HI/c1-4-12(5-2)9-18-16(17-3)19-10-13-11-21-15(20-13)14-7-6-8-22-14;/h6-8,11-12H,4-5,9-10H2,1-3H3,(H2,17,18,19);1H. The van der Waals surface area contributed by atoms with Gasteiger partial charge in [0, 0.05) is 13.6 Å². The molecular formula is C16H25IN4OS. The van der Waals surface area contributed by atoms with Crippen LogP contribution in [0.4, 0.5) is 0 Å². The minimum absolute atomic E-state index is 0. The maximum atomic E-state index is 5.51. The summed E-state index contributed by atoms with van der Waals surface area (Å²) in [4.78, 5) is 9.77. The van der Waals surface area contributed by atoms with Crippen molar-refractivity contribution in [2.45, 2.75) is 33.2 Å². The summed E-state index contributed by atoms with van der Waals surface area (Å²) in [5, 5.41) is 8.64. The summed E-state index contributed by atoms with van der Waals surface area (Å²) in [6.07, 6.45) is 4.04. The van der Waals surface area contributed by atoms with Crippen LogP contribution in [-0.2, 0) is 6.54 Å². The van der Waals surface area contributed by atoms with Gasteiger partial charge in [-0.3, -0.25) is 4.99 Å². The average Bonchev–Trinajstić information content (AvgIpc) is 3.21. The van der Waals surface area contributed by atoms with E-state index in [1.54, 1.807) is 24.6 Å². The van der Waals surface area contributed by atoms with Crippen molar-refractivity contribution in [1.29, 1.82) is 0 Å². The molecule has 0 saturated heterocycles. The lowest BCUT2D eigenvalue weighted by atomic mass is 10.0. The van der Waals surface area contributed by atoms with Gasteiger partial charge in [-0.1, -0.05) is 32.8 Å². The molecule has 0 radical (unpaired) electrons. The predicted molar refractivity (Wildman–Crippen MR) is 108 cm³/mol. The van der Waals surface area contributed by atoms with E-state index in [2.05, 4.69) is 34.5 Å². The topological polar surface area (TPSA) is 62.5 Å². The maximum absolute atomic E-state index is 5.51. The van der Waals surface area contributed by atoms with Gasteiger partial charge in [-0.2, -0.15) is 0 Å².